The van der Waals surface area contributed by atoms with E-state index in [2.05, 4.69) is 54.8 Å². The van der Waals surface area contributed by atoms with Gasteiger partial charge in [0.05, 0.1) is 19.8 Å². The molecule has 55 heavy (non-hydrogen) atoms. The van der Waals surface area contributed by atoms with Crippen molar-refractivity contribution in [2.75, 3.05) is 26.4 Å². The third-order valence-corrected chi connectivity index (χ3v) is 10.3. The molecule has 0 aliphatic carbocycles. The van der Waals surface area contributed by atoms with Gasteiger partial charge in [-0.05, 0) is 44.9 Å². The molecule has 3 atom stereocenters. The average Bonchev–Trinajstić information content (AvgIpc) is 3.17. The summed E-state index contributed by atoms with van der Waals surface area (Å²) in [7, 11) is -4.62. The van der Waals surface area contributed by atoms with Crippen molar-refractivity contribution in [3.63, 3.8) is 0 Å². The lowest BCUT2D eigenvalue weighted by molar-refractivity contribution is -0.161. The second-order valence-corrected chi connectivity index (χ2v) is 16.2. The third-order valence-electron chi connectivity index (χ3n) is 9.31. The maximum Gasteiger partial charge on any atom is 0.472 e. The van der Waals surface area contributed by atoms with Crippen LogP contribution in [-0.4, -0.2) is 65.7 Å². The van der Waals surface area contributed by atoms with E-state index in [4.69, 9.17) is 19.1 Å². The van der Waals surface area contributed by atoms with E-state index >= 15 is 0 Å². The molecule has 1 unspecified atom stereocenters. The number of rotatable bonds is 41. The Kier molecular flexibility index (Phi) is 39.1. The fourth-order valence-corrected chi connectivity index (χ4v) is 6.74. The highest BCUT2D eigenvalue weighted by molar-refractivity contribution is 7.47. The Morgan fingerprint density at radius 2 is 1.00 bits per heavy atom. The van der Waals surface area contributed by atoms with Crippen LogP contribution in [0, 0.1) is 0 Å². The first-order valence-electron chi connectivity index (χ1n) is 21.9. The molecule has 0 rings (SSSR count). The Labute approximate surface area is 335 Å². The van der Waals surface area contributed by atoms with Gasteiger partial charge in [0.2, 0.25) is 0 Å². The number of hydrogen-bond acceptors (Lipinski definition) is 9. The van der Waals surface area contributed by atoms with Crippen LogP contribution >= 0.6 is 7.82 Å². The van der Waals surface area contributed by atoms with Crippen LogP contribution in [0.5, 0.6) is 0 Å². The molecule has 0 heterocycles. The molecular formula is C44H81O10P. The molecule has 0 saturated carbocycles. The Balaban J connectivity index is 4.29. The Morgan fingerprint density at radius 3 is 1.51 bits per heavy atom. The Bertz CT molecular complexity index is 1010. The minimum Gasteiger partial charge on any atom is -0.462 e. The number of aliphatic hydroxyl groups is 2. The van der Waals surface area contributed by atoms with E-state index in [1.807, 2.05) is 0 Å². The summed E-state index contributed by atoms with van der Waals surface area (Å²) in [5, 5.41) is 18.3. The van der Waals surface area contributed by atoms with Crippen molar-refractivity contribution >= 4 is 19.8 Å². The first-order chi connectivity index (χ1) is 26.7. The topological polar surface area (TPSA) is 149 Å². The highest BCUT2D eigenvalue weighted by atomic mass is 31.2. The summed E-state index contributed by atoms with van der Waals surface area (Å²) >= 11 is 0. The van der Waals surface area contributed by atoms with Crippen molar-refractivity contribution in [2.24, 2.45) is 0 Å². The average molecular weight is 801 g/mol. The van der Waals surface area contributed by atoms with E-state index in [0.29, 0.717) is 12.8 Å². The van der Waals surface area contributed by atoms with Gasteiger partial charge in [-0.1, -0.05) is 172 Å². The fraction of sp³-hybridized carbons (Fsp3) is 0.818. The van der Waals surface area contributed by atoms with Crippen LogP contribution < -0.4 is 0 Å². The molecule has 0 fully saturated rings. The molecule has 3 N–H and O–H groups in total. The normalized spacial score (nSPS) is 14.2. The Hall–Kier alpha value is -1.81. The summed E-state index contributed by atoms with van der Waals surface area (Å²) in [6, 6.07) is 0. The van der Waals surface area contributed by atoms with Crippen LogP contribution in [0.1, 0.15) is 194 Å². The second-order valence-electron chi connectivity index (χ2n) is 14.7. The molecular weight excluding hydrogens is 719 g/mol. The van der Waals surface area contributed by atoms with Gasteiger partial charge >= 0.3 is 19.8 Å². The molecule has 0 aromatic rings. The maximum absolute atomic E-state index is 12.6. The van der Waals surface area contributed by atoms with E-state index < -0.39 is 51.8 Å². The van der Waals surface area contributed by atoms with E-state index in [1.165, 1.54) is 83.5 Å². The summed E-state index contributed by atoms with van der Waals surface area (Å²) in [5.74, 6) is -0.939. The molecule has 0 aromatic heterocycles. The lowest BCUT2D eigenvalue weighted by Gasteiger charge is -2.20. The molecule has 0 aromatic carbocycles. The highest BCUT2D eigenvalue weighted by Gasteiger charge is 2.27. The summed E-state index contributed by atoms with van der Waals surface area (Å²) in [6.07, 6.45) is 41.1. The summed E-state index contributed by atoms with van der Waals surface area (Å²) in [6.45, 7) is 2.26. The van der Waals surface area contributed by atoms with Gasteiger partial charge in [-0.3, -0.25) is 18.6 Å². The van der Waals surface area contributed by atoms with Gasteiger partial charge in [-0.25, -0.2) is 4.57 Å². The zero-order valence-electron chi connectivity index (χ0n) is 34.9. The predicted molar refractivity (Wildman–Crippen MR) is 224 cm³/mol. The maximum atomic E-state index is 12.6. The molecule has 10 nitrogen and oxygen atoms in total. The Morgan fingerprint density at radius 1 is 0.564 bits per heavy atom. The van der Waals surface area contributed by atoms with Gasteiger partial charge in [0, 0.05) is 12.8 Å². The van der Waals surface area contributed by atoms with Crippen molar-refractivity contribution in [3.8, 4) is 0 Å². The quantitative estimate of drug-likeness (QED) is 0.0236. The monoisotopic (exact) mass is 801 g/mol. The van der Waals surface area contributed by atoms with Crippen LogP contribution in [0.25, 0.3) is 0 Å². The minimum absolute atomic E-state index is 0.183. The highest BCUT2D eigenvalue weighted by Crippen LogP contribution is 2.43. The van der Waals surface area contributed by atoms with Crippen molar-refractivity contribution in [1.82, 2.24) is 0 Å². The fourth-order valence-electron chi connectivity index (χ4n) is 5.95. The zero-order valence-corrected chi connectivity index (χ0v) is 35.8. The molecule has 0 aliphatic heterocycles. The van der Waals surface area contributed by atoms with Crippen LogP contribution in [-0.2, 0) is 32.7 Å². The van der Waals surface area contributed by atoms with E-state index in [-0.39, 0.29) is 19.4 Å². The summed E-state index contributed by atoms with van der Waals surface area (Å²) < 4.78 is 32.7. The number of hydrogen-bond donors (Lipinski definition) is 3. The zero-order chi connectivity index (χ0) is 40.5. The molecule has 0 amide bonds. The number of carbonyl (C=O) groups is 2. The summed E-state index contributed by atoms with van der Waals surface area (Å²) in [4.78, 5) is 35.0. The molecule has 0 saturated heterocycles. The number of phosphoric acid groups is 1. The van der Waals surface area contributed by atoms with Gasteiger partial charge in [0.25, 0.3) is 0 Å². The van der Waals surface area contributed by atoms with Crippen LogP contribution in [0.15, 0.2) is 36.5 Å². The number of unbranched alkanes of at least 4 members (excludes halogenated alkanes) is 21. The number of allylic oxidation sites excluding steroid dienone is 6. The number of ether oxygens (including phenoxy) is 2. The van der Waals surface area contributed by atoms with Crippen LogP contribution in [0.2, 0.25) is 0 Å². The van der Waals surface area contributed by atoms with Gasteiger partial charge in [0.1, 0.15) is 12.7 Å². The lowest BCUT2D eigenvalue weighted by atomic mass is 10.0. The number of esters is 2. The van der Waals surface area contributed by atoms with E-state index in [0.717, 1.165) is 70.6 Å². The van der Waals surface area contributed by atoms with Crippen molar-refractivity contribution in [3.05, 3.63) is 36.5 Å². The first kappa shape index (κ1) is 53.2. The van der Waals surface area contributed by atoms with Gasteiger partial charge < -0.3 is 24.6 Å². The van der Waals surface area contributed by atoms with Crippen molar-refractivity contribution in [2.45, 2.75) is 206 Å². The molecule has 0 spiro atoms. The number of carbonyl (C=O) groups excluding carboxylic acids is 2. The largest absolute Gasteiger partial charge is 0.472 e. The smallest absolute Gasteiger partial charge is 0.462 e. The third kappa shape index (κ3) is 40.2. The molecule has 0 radical (unpaired) electrons. The minimum atomic E-state index is -4.62. The van der Waals surface area contributed by atoms with E-state index in [9.17, 15) is 24.2 Å². The van der Waals surface area contributed by atoms with Gasteiger partial charge in [-0.15, -0.1) is 0 Å². The van der Waals surface area contributed by atoms with Gasteiger partial charge in [0.15, 0.2) is 6.10 Å². The number of aliphatic hydroxyl groups excluding tert-OH is 2. The SMILES string of the molecule is CC/C=C/C/C=C/C/C=C/CCCCCCCC(=O)OC[C@H](COP(=O)(O)OC[C@@H](O)CO)OC(=O)CCCCCCCCCCCCCCCCCCC. The van der Waals surface area contributed by atoms with Crippen molar-refractivity contribution < 1.29 is 47.8 Å². The van der Waals surface area contributed by atoms with Crippen LogP contribution in [0.3, 0.4) is 0 Å². The van der Waals surface area contributed by atoms with Crippen LogP contribution in [0.4, 0.5) is 0 Å². The molecule has 11 heteroatoms. The molecule has 0 bridgehead atoms. The van der Waals surface area contributed by atoms with Gasteiger partial charge in [-0.2, -0.15) is 0 Å². The number of phosphoric ester groups is 1. The lowest BCUT2D eigenvalue weighted by Crippen LogP contribution is -2.29. The standard InChI is InChI=1S/C44H81O10P/c1-3-5-7-9-11-13-15-17-19-20-22-24-26-28-30-32-34-36-44(48)54-42(40-53-55(49,50)52-38-41(46)37-45)39-51-43(47)35-33-31-29-27-25-23-21-18-16-14-12-10-8-6-4-2/h6,8,12,14,18,21,41-42,45-46H,3-5,7,9-11,13,15-17,19-20,22-40H2,1-2H3,(H,49,50)/b8-6+,14-12+,21-18+/t41-,42+/m0/s1. The summed E-state index contributed by atoms with van der Waals surface area (Å²) in [5.41, 5.74) is 0. The molecule has 322 valence electrons. The molecule has 0 aliphatic rings. The van der Waals surface area contributed by atoms with E-state index in [1.54, 1.807) is 0 Å². The predicted octanol–water partition coefficient (Wildman–Crippen LogP) is 11.6. The van der Waals surface area contributed by atoms with Crippen molar-refractivity contribution in [1.29, 1.82) is 0 Å². The first-order valence-corrected chi connectivity index (χ1v) is 23.4. The second kappa shape index (κ2) is 40.4.